The van der Waals surface area contributed by atoms with Gasteiger partial charge in [0.15, 0.2) is 0 Å². The summed E-state index contributed by atoms with van der Waals surface area (Å²) in [6.07, 6.45) is 0.165. The van der Waals surface area contributed by atoms with Crippen molar-refractivity contribution in [3.8, 4) is 11.1 Å². The first kappa shape index (κ1) is 17.5. The van der Waals surface area contributed by atoms with E-state index in [4.69, 9.17) is 0 Å². The molecule has 0 bridgehead atoms. The lowest BCUT2D eigenvalue weighted by atomic mass is 9.98. The molecular formula is C21H26N2O2. The predicted molar refractivity (Wildman–Crippen MR) is 102 cm³/mol. The predicted octanol–water partition coefficient (Wildman–Crippen LogP) is 4.41. The number of rotatable bonds is 4. The Morgan fingerprint density at radius 1 is 1.20 bits per heavy atom. The number of nitrogens with zero attached hydrogens (tertiary/aromatic N) is 2. The monoisotopic (exact) mass is 338 g/mol. The van der Waals surface area contributed by atoms with E-state index >= 15 is 0 Å². The van der Waals surface area contributed by atoms with Crippen molar-refractivity contribution in [2.24, 2.45) is 5.92 Å². The van der Waals surface area contributed by atoms with Crippen LogP contribution in [0.2, 0.25) is 0 Å². The average molecular weight is 338 g/mol. The fraction of sp³-hybridized carbons (Fsp3) is 0.381. The molecule has 1 N–H and O–H groups in total. The Bertz CT molecular complexity index is 752. The smallest absolute Gasteiger partial charge is 0.411 e. The molecule has 3 rings (SSSR count). The van der Waals surface area contributed by atoms with Crippen LogP contribution in [0.25, 0.3) is 11.1 Å². The van der Waals surface area contributed by atoms with Crippen LogP contribution in [0.3, 0.4) is 0 Å². The van der Waals surface area contributed by atoms with Gasteiger partial charge in [-0.3, -0.25) is 4.90 Å². The third kappa shape index (κ3) is 4.02. The summed E-state index contributed by atoms with van der Waals surface area (Å²) in [6.45, 7) is 6.68. The van der Waals surface area contributed by atoms with Crippen molar-refractivity contribution in [1.82, 2.24) is 4.90 Å². The van der Waals surface area contributed by atoms with Gasteiger partial charge >= 0.3 is 6.09 Å². The number of likely N-dealkylation sites (tertiary alicyclic amines) is 1. The molecule has 0 unspecified atom stereocenters. The highest BCUT2D eigenvalue weighted by atomic mass is 16.4. The van der Waals surface area contributed by atoms with Crippen LogP contribution in [0.1, 0.15) is 17.5 Å². The van der Waals surface area contributed by atoms with E-state index in [-0.39, 0.29) is 0 Å². The van der Waals surface area contributed by atoms with Crippen LogP contribution >= 0.6 is 0 Å². The van der Waals surface area contributed by atoms with Gasteiger partial charge in [0.25, 0.3) is 0 Å². The van der Waals surface area contributed by atoms with Gasteiger partial charge in [-0.15, -0.1) is 0 Å². The number of amides is 1. The number of carboxylic acid groups (broad SMARTS) is 1. The number of anilines is 1. The Labute approximate surface area is 149 Å². The third-order valence-corrected chi connectivity index (χ3v) is 4.89. The number of carbonyl (C=O) groups is 1. The van der Waals surface area contributed by atoms with Gasteiger partial charge in [-0.05, 0) is 51.4 Å². The number of para-hydroxylation sites is 1. The van der Waals surface area contributed by atoms with E-state index in [2.05, 4.69) is 44.0 Å². The Morgan fingerprint density at radius 3 is 2.48 bits per heavy atom. The van der Waals surface area contributed by atoms with Crippen LogP contribution in [-0.4, -0.2) is 42.8 Å². The molecule has 0 aromatic heterocycles. The summed E-state index contributed by atoms with van der Waals surface area (Å²) in [5, 5.41) is 9.85. The first-order chi connectivity index (χ1) is 11.9. The highest BCUT2D eigenvalue weighted by Gasteiger charge is 2.26. The van der Waals surface area contributed by atoms with E-state index in [1.54, 1.807) is 0 Å². The zero-order valence-corrected chi connectivity index (χ0v) is 15.2. The zero-order chi connectivity index (χ0) is 18.0. The van der Waals surface area contributed by atoms with Gasteiger partial charge in [0, 0.05) is 18.7 Å². The second-order valence-corrected chi connectivity index (χ2v) is 7.20. The normalized spacial score (nSPS) is 17.6. The van der Waals surface area contributed by atoms with E-state index in [0.29, 0.717) is 12.5 Å². The van der Waals surface area contributed by atoms with Gasteiger partial charge in [0.2, 0.25) is 0 Å². The molecule has 25 heavy (non-hydrogen) atoms. The minimum Gasteiger partial charge on any atom is -0.465 e. The van der Waals surface area contributed by atoms with Crippen molar-refractivity contribution in [2.45, 2.75) is 20.3 Å². The molecule has 132 valence electrons. The van der Waals surface area contributed by atoms with Crippen LogP contribution in [0.15, 0.2) is 42.5 Å². The van der Waals surface area contributed by atoms with Crippen molar-refractivity contribution in [3.63, 3.8) is 0 Å². The molecule has 2 aromatic rings. The molecule has 1 heterocycles. The van der Waals surface area contributed by atoms with Crippen molar-refractivity contribution in [2.75, 3.05) is 31.6 Å². The lowest BCUT2D eigenvalue weighted by Crippen LogP contribution is -2.35. The second kappa shape index (κ2) is 7.28. The number of benzene rings is 2. The lowest BCUT2D eigenvalue weighted by molar-refractivity contribution is 0.200. The fourth-order valence-corrected chi connectivity index (χ4v) is 3.80. The molecule has 0 radical (unpaired) electrons. The maximum atomic E-state index is 12.0. The van der Waals surface area contributed by atoms with Crippen molar-refractivity contribution in [1.29, 1.82) is 0 Å². The maximum Gasteiger partial charge on any atom is 0.411 e. The van der Waals surface area contributed by atoms with Crippen molar-refractivity contribution in [3.05, 3.63) is 53.6 Å². The molecule has 4 nitrogen and oxygen atoms in total. The SMILES string of the molecule is Cc1cc(C)cc(-c2ccccc2N(C[C@@H]2CCN(C)C2)C(=O)O)c1. The first-order valence-corrected chi connectivity index (χ1v) is 8.80. The Hall–Kier alpha value is -2.33. The molecule has 1 atom stereocenters. The van der Waals surface area contributed by atoms with Crippen LogP contribution < -0.4 is 4.90 Å². The quantitative estimate of drug-likeness (QED) is 0.898. The third-order valence-electron chi connectivity index (χ3n) is 4.89. The average Bonchev–Trinajstić information content (AvgIpc) is 2.97. The molecule has 1 aliphatic rings. The van der Waals surface area contributed by atoms with Crippen LogP contribution in [0.4, 0.5) is 10.5 Å². The Kier molecular flexibility index (Phi) is 5.09. The minimum atomic E-state index is -0.883. The highest BCUT2D eigenvalue weighted by Crippen LogP contribution is 2.33. The molecule has 4 heteroatoms. The standard InChI is InChI=1S/C21H26N2O2/c1-15-10-16(2)12-18(11-15)19-6-4-5-7-20(19)23(21(24)25)14-17-8-9-22(3)13-17/h4-7,10-12,17H,8-9,13-14H2,1-3H3,(H,24,25)/t17-/m1/s1. The maximum absolute atomic E-state index is 12.0. The Balaban J connectivity index is 1.98. The van der Waals surface area contributed by atoms with Gasteiger partial charge in [-0.1, -0.05) is 47.5 Å². The summed E-state index contributed by atoms with van der Waals surface area (Å²) in [6, 6.07) is 14.2. The summed E-state index contributed by atoms with van der Waals surface area (Å²) in [4.78, 5) is 15.8. The first-order valence-electron chi connectivity index (χ1n) is 8.80. The second-order valence-electron chi connectivity index (χ2n) is 7.20. The van der Waals surface area contributed by atoms with E-state index in [1.807, 2.05) is 24.3 Å². The van der Waals surface area contributed by atoms with Gasteiger partial charge in [-0.2, -0.15) is 0 Å². The molecule has 0 saturated carbocycles. The summed E-state index contributed by atoms with van der Waals surface area (Å²) in [5.41, 5.74) is 5.19. The van der Waals surface area contributed by atoms with E-state index in [9.17, 15) is 9.90 Å². The summed E-state index contributed by atoms with van der Waals surface area (Å²) < 4.78 is 0. The van der Waals surface area contributed by atoms with Crippen molar-refractivity contribution >= 4 is 11.8 Å². The lowest BCUT2D eigenvalue weighted by Gasteiger charge is -2.25. The summed E-state index contributed by atoms with van der Waals surface area (Å²) in [5.74, 6) is 0.383. The molecule has 1 amide bonds. The molecular weight excluding hydrogens is 312 g/mol. The largest absolute Gasteiger partial charge is 0.465 e. The van der Waals surface area contributed by atoms with E-state index < -0.39 is 6.09 Å². The molecule has 0 spiro atoms. The molecule has 1 aliphatic heterocycles. The van der Waals surface area contributed by atoms with Crippen molar-refractivity contribution < 1.29 is 9.90 Å². The topological polar surface area (TPSA) is 43.8 Å². The van der Waals surface area contributed by atoms with Crippen LogP contribution in [0.5, 0.6) is 0 Å². The molecule has 2 aromatic carbocycles. The Morgan fingerprint density at radius 2 is 1.88 bits per heavy atom. The van der Waals surface area contributed by atoms with Gasteiger partial charge in [-0.25, -0.2) is 4.79 Å². The van der Waals surface area contributed by atoms with E-state index in [1.165, 1.54) is 16.0 Å². The minimum absolute atomic E-state index is 0.383. The highest BCUT2D eigenvalue weighted by molar-refractivity contribution is 5.93. The van der Waals surface area contributed by atoms with Crippen LogP contribution in [0, 0.1) is 19.8 Å². The van der Waals surface area contributed by atoms with Gasteiger partial charge < -0.3 is 10.0 Å². The summed E-state index contributed by atoms with van der Waals surface area (Å²) >= 11 is 0. The molecule has 1 saturated heterocycles. The summed E-state index contributed by atoms with van der Waals surface area (Å²) in [7, 11) is 2.09. The number of hydrogen-bond acceptors (Lipinski definition) is 2. The zero-order valence-electron chi connectivity index (χ0n) is 15.2. The molecule has 1 fully saturated rings. The van der Waals surface area contributed by atoms with Gasteiger partial charge in [0.1, 0.15) is 0 Å². The fourth-order valence-electron chi connectivity index (χ4n) is 3.80. The number of aryl methyl sites for hydroxylation is 2. The number of hydrogen-bond donors (Lipinski definition) is 1. The molecule has 0 aliphatic carbocycles. The van der Waals surface area contributed by atoms with Gasteiger partial charge in [0.05, 0.1) is 5.69 Å². The van der Waals surface area contributed by atoms with Crippen LogP contribution in [-0.2, 0) is 0 Å². The van der Waals surface area contributed by atoms with E-state index in [0.717, 1.165) is 36.3 Å².